The SMILES string of the molecule is CCc1cnc(C(C)C2CCCC(C3CC3CCOc3cc(F)c(CC(=O)C(C)C4CCCC4)c(F)c3)CC2)c(CC)c1. The molecule has 0 bridgehead atoms. The van der Waals surface area contributed by atoms with E-state index >= 15 is 0 Å². The van der Waals surface area contributed by atoms with Crippen LogP contribution in [-0.2, 0) is 24.1 Å². The van der Waals surface area contributed by atoms with E-state index in [4.69, 9.17) is 9.72 Å². The van der Waals surface area contributed by atoms with Crippen LogP contribution in [0.1, 0.15) is 127 Å². The molecule has 6 atom stereocenters. The maximum absolute atomic E-state index is 14.9. The number of ether oxygens (including phenoxy) is 1. The van der Waals surface area contributed by atoms with Crippen LogP contribution in [0, 0.1) is 47.1 Å². The molecule has 1 aromatic heterocycles. The van der Waals surface area contributed by atoms with Gasteiger partial charge in [0.15, 0.2) is 0 Å². The lowest BCUT2D eigenvalue weighted by molar-refractivity contribution is -0.123. The lowest BCUT2D eigenvalue weighted by Gasteiger charge is -2.24. The zero-order valence-electron chi connectivity index (χ0n) is 27.0. The summed E-state index contributed by atoms with van der Waals surface area (Å²) in [7, 11) is 0. The van der Waals surface area contributed by atoms with Gasteiger partial charge in [0.05, 0.1) is 6.61 Å². The van der Waals surface area contributed by atoms with Crippen LogP contribution in [0.5, 0.6) is 5.75 Å². The lowest BCUT2D eigenvalue weighted by Crippen LogP contribution is -2.21. The highest BCUT2D eigenvalue weighted by Crippen LogP contribution is 2.52. The Morgan fingerprint density at radius 2 is 1.65 bits per heavy atom. The number of nitrogens with zero attached hydrogens (tertiary/aromatic N) is 1. The molecule has 0 aliphatic heterocycles. The average Bonchev–Trinajstić information content (AvgIpc) is 3.64. The van der Waals surface area contributed by atoms with Crippen molar-refractivity contribution in [2.45, 2.75) is 124 Å². The van der Waals surface area contributed by atoms with E-state index in [0.717, 1.165) is 56.8 Å². The third-order valence-electron chi connectivity index (χ3n) is 11.5. The number of aryl methyl sites for hydroxylation is 2. The molecular weight excluding hydrogens is 540 g/mol. The summed E-state index contributed by atoms with van der Waals surface area (Å²) in [5.41, 5.74) is 3.95. The number of carbonyl (C=O) groups is 1. The smallest absolute Gasteiger partial charge is 0.140 e. The number of rotatable bonds is 13. The van der Waals surface area contributed by atoms with Crippen molar-refractivity contribution in [1.82, 2.24) is 4.98 Å². The highest BCUT2D eigenvalue weighted by molar-refractivity contribution is 5.83. The molecule has 236 valence electrons. The van der Waals surface area contributed by atoms with Gasteiger partial charge in [-0.3, -0.25) is 9.78 Å². The van der Waals surface area contributed by atoms with Crippen LogP contribution in [0.4, 0.5) is 8.78 Å². The zero-order chi connectivity index (χ0) is 30.5. The summed E-state index contributed by atoms with van der Waals surface area (Å²) in [6, 6.07) is 4.89. The van der Waals surface area contributed by atoms with Crippen LogP contribution in [0.25, 0.3) is 0 Å². The molecule has 1 heterocycles. The fourth-order valence-electron chi connectivity index (χ4n) is 8.36. The first-order chi connectivity index (χ1) is 20.8. The van der Waals surface area contributed by atoms with E-state index in [1.165, 1.54) is 67.5 Å². The molecule has 5 heteroatoms. The summed E-state index contributed by atoms with van der Waals surface area (Å²) in [4.78, 5) is 17.7. The van der Waals surface area contributed by atoms with Crippen LogP contribution < -0.4 is 4.74 Å². The number of hydrogen-bond acceptors (Lipinski definition) is 3. The molecular formula is C38H53F2NO2. The monoisotopic (exact) mass is 593 g/mol. The fourth-order valence-corrected chi connectivity index (χ4v) is 8.36. The Balaban J connectivity index is 1.07. The molecule has 0 spiro atoms. The second-order valence-corrected chi connectivity index (χ2v) is 14.1. The van der Waals surface area contributed by atoms with Crippen LogP contribution in [0.3, 0.4) is 0 Å². The minimum atomic E-state index is -0.670. The van der Waals surface area contributed by atoms with Gasteiger partial charge >= 0.3 is 0 Å². The Labute approximate surface area is 258 Å². The molecule has 0 radical (unpaired) electrons. The molecule has 3 fully saturated rings. The minimum absolute atomic E-state index is 0.0644. The zero-order valence-corrected chi connectivity index (χ0v) is 27.0. The number of aromatic nitrogens is 1. The predicted molar refractivity (Wildman–Crippen MR) is 169 cm³/mol. The van der Waals surface area contributed by atoms with Crippen molar-refractivity contribution in [1.29, 1.82) is 0 Å². The maximum Gasteiger partial charge on any atom is 0.140 e. The van der Waals surface area contributed by atoms with Crippen molar-refractivity contribution in [3.63, 3.8) is 0 Å². The summed E-state index contributed by atoms with van der Waals surface area (Å²) >= 11 is 0. The van der Waals surface area contributed by atoms with E-state index < -0.39 is 11.6 Å². The van der Waals surface area contributed by atoms with Gasteiger partial charge in [0.2, 0.25) is 0 Å². The van der Waals surface area contributed by atoms with Gasteiger partial charge in [-0.1, -0.05) is 59.4 Å². The Hall–Kier alpha value is -2.30. The molecule has 0 N–H and O–H groups in total. The molecule has 6 unspecified atom stereocenters. The van der Waals surface area contributed by atoms with Gasteiger partial charge < -0.3 is 4.74 Å². The van der Waals surface area contributed by atoms with Crippen LogP contribution in [0.2, 0.25) is 0 Å². The van der Waals surface area contributed by atoms with Crippen molar-refractivity contribution in [2.24, 2.45) is 35.5 Å². The van der Waals surface area contributed by atoms with E-state index in [-0.39, 0.29) is 29.4 Å². The number of halogens is 2. The summed E-state index contributed by atoms with van der Waals surface area (Å²) in [5, 5.41) is 0. The highest BCUT2D eigenvalue weighted by atomic mass is 19.1. The third kappa shape index (κ3) is 7.87. The summed E-state index contributed by atoms with van der Waals surface area (Å²) in [5.74, 6) is 2.42. The van der Waals surface area contributed by atoms with Gasteiger partial charge in [0.25, 0.3) is 0 Å². The fraction of sp³-hybridized carbons (Fsp3) is 0.684. The molecule has 3 nitrogen and oxygen atoms in total. The van der Waals surface area contributed by atoms with E-state index in [0.29, 0.717) is 30.3 Å². The standard InChI is InChI=1S/C38H53F2NO2/c1-5-26-18-27(6-2)38(41-23-26)25(4)29-12-9-13-30(15-14-29)33-19-31(33)16-17-43-32-20-35(39)34(36(40)21-32)22-37(42)24(3)28-10-7-8-11-28/h18,20-21,23-25,28-31,33H,5-17,19,22H2,1-4H3. The second kappa shape index (κ2) is 14.7. The summed E-state index contributed by atoms with van der Waals surface area (Å²) < 4.78 is 35.5. The van der Waals surface area contributed by atoms with Crippen LogP contribution in [-0.4, -0.2) is 17.4 Å². The van der Waals surface area contributed by atoms with E-state index in [9.17, 15) is 13.6 Å². The molecule has 3 aliphatic rings. The highest BCUT2D eigenvalue weighted by Gasteiger charge is 2.43. The summed E-state index contributed by atoms with van der Waals surface area (Å²) in [6.07, 6.45) is 17.0. The molecule has 5 rings (SSSR count). The van der Waals surface area contributed by atoms with Gasteiger partial charge in [-0.05, 0) is 98.5 Å². The number of pyridine rings is 1. The Kier molecular flexibility index (Phi) is 10.9. The van der Waals surface area contributed by atoms with Gasteiger partial charge in [-0.25, -0.2) is 8.78 Å². The first-order valence-electron chi connectivity index (χ1n) is 17.4. The van der Waals surface area contributed by atoms with E-state index in [1.54, 1.807) is 0 Å². The minimum Gasteiger partial charge on any atom is -0.493 e. The largest absolute Gasteiger partial charge is 0.493 e. The Bertz CT molecular complexity index is 1220. The molecule has 3 saturated carbocycles. The topological polar surface area (TPSA) is 39.2 Å². The molecule has 43 heavy (non-hydrogen) atoms. The van der Waals surface area contributed by atoms with Gasteiger partial charge in [0, 0.05) is 47.8 Å². The lowest BCUT2D eigenvalue weighted by atomic mass is 9.82. The molecule has 1 aromatic carbocycles. The number of carbonyl (C=O) groups excluding carboxylic acids is 1. The maximum atomic E-state index is 14.9. The normalized spacial score (nSPS) is 25.7. The van der Waals surface area contributed by atoms with Crippen molar-refractivity contribution >= 4 is 5.78 Å². The average molecular weight is 594 g/mol. The Morgan fingerprint density at radius 3 is 2.35 bits per heavy atom. The predicted octanol–water partition coefficient (Wildman–Crippen LogP) is 9.83. The number of hydrogen-bond donors (Lipinski definition) is 0. The van der Waals surface area contributed by atoms with Gasteiger partial charge in [-0.2, -0.15) is 0 Å². The molecule has 0 saturated heterocycles. The number of Topliss-reactive ketones (excluding diaryl/α,β-unsaturated/α-hetero) is 1. The molecule has 2 aromatic rings. The number of benzene rings is 1. The van der Waals surface area contributed by atoms with E-state index in [2.05, 4.69) is 33.0 Å². The van der Waals surface area contributed by atoms with Gasteiger partial charge in [0.1, 0.15) is 23.2 Å². The number of ketones is 1. The van der Waals surface area contributed by atoms with Crippen molar-refractivity contribution in [3.05, 3.63) is 58.4 Å². The van der Waals surface area contributed by atoms with Crippen LogP contribution in [0.15, 0.2) is 24.4 Å². The molecule has 3 aliphatic carbocycles. The second-order valence-electron chi connectivity index (χ2n) is 14.1. The first kappa shape index (κ1) is 32.1. The van der Waals surface area contributed by atoms with Crippen molar-refractivity contribution < 1.29 is 18.3 Å². The first-order valence-corrected chi connectivity index (χ1v) is 17.4. The quantitative estimate of drug-likeness (QED) is 0.217. The van der Waals surface area contributed by atoms with Crippen molar-refractivity contribution in [3.8, 4) is 5.75 Å². The summed E-state index contributed by atoms with van der Waals surface area (Å²) in [6.45, 7) is 9.22. The van der Waals surface area contributed by atoms with Crippen LogP contribution >= 0.6 is 0 Å². The van der Waals surface area contributed by atoms with Crippen molar-refractivity contribution in [2.75, 3.05) is 6.61 Å². The van der Waals surface area contributed by atoms with Gasteiger partial charge in [-0.15, -0.1) is 0 Å². The Morgan fingerprint density at radius 1 is 0.930 bits per heavy atom. The molecule has 0 amide bonds. The third-order valence-corrected chi connectivity index (χ3v) is 11.5. The van der Waals surface area contributed by atoms with E-state index in [1.807, 2.05) is 6.92 Å².